The van der Waals surface area contributed by atoms with E-state index in [0.717, 1.165) is 6.07 Å². The molecule has 0 aliphatic heterocycles. The molecule has 0 heterocycles. The molecule has 0 saturated carbocycles. The van der Waals surface area contributed by atoms with Crippen molar-refractivity contribution in [2.75, 3.05) is 13.7 Å². The van der Waals surface area contributed by atoms with Gasteiger partial charge in [0.15, 0.2) is 5.78 Å². The molecule has 0 N–H and O–H groups in total. The molecule has 1 aromatic rings. The molecule has 0 aliphatic carbocycles. The van der Waals surface area contributed by atoms with Crippen LogP contribution in [0.2, 0.25) is 0 Å². The smallest absolute Gasteiger partial charge is 0.313 e. The van der Waals surface area contributed by atoms with Gasteiger partial charge in [0.25, 0.3) is 0 Å². The molecule has 17 heavy (non-hydrogen) atoms. The molecule has 5 heteroatoms. The molecule has 0 unspecified atom stereocenters. The van der Waals surface area contributed by atoms with Gasteiger partial charge in [0.05, 0.1) is 19.3 Å². The molecule has 4 nitrogen and oxygen atoms in total. The number of esters is 1. The summed E-state index contributed by atoms with van der Waals surface area (Å²) in [5.74, 6) is -1.93. The van der Waals surface area contributed by atoms with Gasteiger partial charge in [-0.25, -0.2) is 4.39 Å². The first-order chi connectivity index (χ1) is 8.10. The maximum Gasteiger partial charge on any atom is 0.313 e. The van der Waals surface area contributed by atoms with E-state index in [-0.39, 0.29) is 17.9 Å². The summed E-state index contributed by atoms with van der Waals surface area (Å²) < 4.78 is 23.0. The minimum atomic E-state index is -0.710. The van der Waals surface area contributed by atoms with Gasteiger partial charge in [0, 0.05) is 0 Å². The van der Waals surface area contributed by atoms with E-state index in [1.807, 2.05) is 0 Å². The number of Topliss-reactive ketones (excluding diaryl/α,β-unsaturated/α-hetero) is 1. The van der Waals surface area contributed by atoms with Gasteiger partial charge in [-0.3, -0.25) is 9.59 Å². The van der Waals surface area contributed by atoms with Crippen molar-refractivity contribution in [3.8, 4) is 5.75 Å². The van der Waals surface area contributed by atoms with Crippen molar-refractivity contribution >= 4 is 11.8 Å². The number of rotatable bonds is 5. The molecule has 1 rings (SSSR count). The van der Waals surface area contributed by atoms with Crippen molar-refractivity contribution < 1.29 is 23.5 Å². The molecular formula is C12H13FO4. The summed E-state index contributed by atoms with van der Waals surface area (Å²) >= 11 is 0. The fraction of sp³-hybridized carbons (Fsp3) is 0.333. The maximum absolute atomic E-state index is 13.5. The van der Waals surface area contributed by atoms with Crippen LogP contribution < -0.4 is 4.74 Å². The second-order valence-corrected chi connectivity index (χ2v) is 3.22. The summed E-state index contributed by atoms with van der Waals surface area (Å²) in [7, 11) is 1.33. The summed E-state index contributed by atoms with van der Waals surface area (Å²) in [5, 5.41) is 0. The van der Waals surface area contributed by atoms with Crippen LogP contribution in [-0.2, 0) is 9.53 Å². The highest BCUT2D eigenvalue weighted by Crippen LogP contribution is 2.22. The summed E-state index contributed by atoms with van der Waals surface area (Å²) in [6.07, 6.45) is -0.495. The first kappa shape index (κ1) is 13.2. The molecule has 0 spiro atoms. The zero-order chi connectivity index (χ0) is 12.8. The predicted octanol–water partition coefficient (Wildman–Crippen LogP) is 1.97. The van der Waals surface area contributed by atoms with Crippen molar-refractivity contribution in [2.24, 2.45) is 0 Å². The highest BCUT2D eigenvalue weighted by atomic mass is 19.1. The number of hydrogen-bond donors (Lipinski definition) is 0. The average Bonchev–Trinajstić information content (AvgIpc) is 2.28. The lowest BCUT2D eigenvalue weighted by Gasteiger charge is -2.08. The minimum Gasteiger partial charge on any atom is -0.496 e. The number of hydrogen-bond acceptors (Lipinski definition) is 4. The van der Waals surface area contributed by atoms with E-state index in [1.54, 1.807) is 6.92 Å². The van der Waals surface area contributed by atoms with E-state index < -0.39 is 24.0 Å². The number of carbonyl (C=O) groups is 2. The maximum atomic E-state index is 13.5. The molecule has 92 valence electrons. The predicted molar refractivity (Wildman–Crippen MR) is 58.5 cm³/mol. The molecule has 0 aliphatic rings. The molecule has 0 fully saturated rings. The second kappa shape index (κ2) is 5.98. The fourth-order valence-electron chi connectivity index (χ4n) is 1.38. The summed E-state index contributed by atoms with van der Waals surface area (Å²) in [6, 6.07) is 4.03. The van der Waals surface area contributed by atoms with E-state index >= 15 is 0 Å². The van der Waals surface area contributed by atoms with Crippen LogP contribution in [0.5, 0.6) is 5.75 Å². The SMILES string of the molecule is CCOC(=O)CC(=O)c1c(F)cccc1OC. The molecule has 1 aromatic carbocycles. The van der Waals surface area contributed by atoms with Gasteiger partial charge >= 0.3 is 5.97 Å². The Morgan fingerprint density at radius 3 is 2.65 bits per heavy atom. The first-order valence-corrected chi connectivity index (χ1v) is 5.11. The molecule has 0 saturated heterocycles. The van der Waals surface area contributed by atoms with E-state index in [4.69, 9.17) is 4.74 Å². The zero-order valence-corrected chi connectivity index (χ0v) is 9.66. The highest BCUT2D eigenvalue weighted by Gasteiger charge is 2.20. The minimum absolute atomic E-state index is 0.110. The highest BCUT2D eigenvalue weighted by molar-refractivity contribution is 6.07. The van der Waals surface area contributed by atoms with Crippen LogP contribution in [0, 0.1) is 5.82 Å². The molecule has 0 aromatic heterocycles. The van der Waals surface area contributed by atoms with Gasteiger partial charge in [-0.15, -0.1) is 0 Å². The summed E-state index contributed by atoms with van der Waals surface area (Å²) in [4.78, 5) is 22.8. The lowest BCUT2D eigenvalue weighted by atomic mass is 10.1. The lowest BCUT2D eigenvalue weighted by Crippen LogP contribution is -2.13. The molecule has 0 amide bonds. The quantitative estimate of drug-likeness (QED) is 0.448. The van der Waals surface area contributed by atoms with Crippen molar-refractivity contribution in [1.29, 1.82) is 0 Å². The molecular weight excluding hydrogens is 227 g/mol. The van der Waals surface area contributed by atoms with Crippen LogP contribution >= 0.6 is 0 Å². The average molecular weight is 240 g/mol. The molecule has 0 atom stereocenters. The normalized spacial score (nSPS) is 9.82. The Bertz CT molecular complexity index is 429. The Hall–Kier alpha value is -1.91. The van der Waals surface area contributed by atoms with Crippen LogP contribution in [0.3, 0.4) is 0 Å². The van der Waals surface area contributed by atoms with Crippen LogP contribution in [0.4, 0.5) is 4.39 Å². The third kappa shape index (κ3) is 3.27. The van der Waals surface area contributed by atoms with Crippen molar-refractivity contribution in [2.45, 2.75) is 13.3 Å². The van der Waals surface area contributed by atoms with Crippen LogP contribution in [-0.4, -0.2) is 25.5 Å². The van der Waals surface area contributed by atoms with Gasteiger partial charge < -0.3 is 9.47 Å². The fourth-order valence-corrected chi connectivity index (χ4v) is 1.38. The summed E-state index contributed by atoms with van der Waals surface area (Å²) in [6.45, 7) is 1.81. The number of ether oxygens (including phenoxy) is 2. The second-order valence-electron chi connectivity index (χ2n) is 3.22. The Morgan fingerprint density at radius 1 is 1.35 bits per heavy atom. The van der Waals surface area contributed by atoms with Crippen LogP contribution in [0.25, 0.3) is 0 Å². The molecule has 0 bridgehead atoms. The van der Waals surface area contributed by atoms with Crippen LogP contribution in [0.15, 0.2) is 18.2 Å². The molecule has 0 radical (unpaired) electrons. The van der Waals surface area contributed by atoms with E-state index in [1.165, 1.54) is 19.2 Å². The zero-order valence-electron chi connectivity index (χ0n) is 9.66. The Kier molecular flexibility index (Phi) is 4.63. The number of carbonyl (C=O) groups excluding carboxylic acids is 2. The van der Waals surface area contributed by atoms with Crippen LogP contribution in [0.1, 0.15) is 23.7 Å². The Labute approximate surface area is 98.3 Å². The third-order valence-electron chi connectivity index (χ3n) is 2.08. The summed E-state index contributed by atoms with van der Waals surface area (Å²) in [5.41, 5.74) is -0.219. The number of methoxy groups -OCH3 is 1. The number of halogens is 1. The largest absolute Gasteiger partial charge is 0.496 e. The monoisotopic (exact) mass is 240 g/mol. The van der Waals surface area contributed by atoms with E-state index in [9.17, 15) is 14.0 Å². The van der Waals surface area contributed by atoms with Crippen molar-refractivity contribution in [3.05, 3.63) is 29.6 Å². The van der Waals surface area contributed by atoms with E-state index in [0.29, 0.717) is 0 Å². The lowest BCUT2D eigenvalue weighted by molar-refractivity contribution is -0.141. The first-order valence-electron chi connectivity index (χ1n) is 5.11. The third-order valence-corrected chi connectivity index (χ3v) is 2.08. The van der Waals surface area contributed by atoms with Gasteiger partial charge in [-0.2, -0.15) is 0 Å². The van der Waals surface area contributed by atoms with Gasteiger partial charge in [0.1, 0.15) is 18.0 Å². The Balaban J connectivity index is 2.92. The van der Waals surface area contributed by atoms with E-state index in [2.05, 4.69) is 4.74 Å². The van der Waals surface area contributed by atoms with Crippen molar-refractivity contribution in [1.82, 2.24) is 0 Å². The topological polar surface area (TPSA) is 52.6 Å². The van der Waals surface area contributed by atoms with Gasteiger partial charge in [-0.05, 0) is 19.1 Å². The Morgan fingerprint density at radius 2 is 2.06 bits per heavy atom. The standard InChI is InChI=1S/C12H13FO4/c1-3-17-11(15)7-9(14)12-8(13)5-4-6-10(12)16-2/h4-6H,3,7H2,1-2H3. The van der Waals surface area contributed by atoms with Gasteiger partial charge in [0.2, 0.25) is 0 Å². The van der Waals surface area contributed by atoms with Gasteiger partial charge in [-0.1, -0.05) is 6.07 Å². The number of ketones is 1. The number of benzene rings is 1. The van der Waals surface area contributed by atoms with Crippen molar-refractivity contribution in [3.63, 3.8) is 0 Å².